The second kappa shape index (κ2) is 5.68. The van der Waals surface area contributed by atoms with Gasteiger partial charge < -0.3 is 9.84 Å². The van der Waals surface area contributed by atoms with E-state index in [1.165, 1.54) is 32.1 Å². The van der Waals surface area contributed by atoms with Gasteiger partial charge in [-0.25, -0.2) is 4.89 Å². The van der Waals surface area contributed by atoms with Crippen molar-refractivity contribution in [1.29, 1.82) is 0 Å². The number of fused-ring (bicyclic) bond motifs is 4. The van der Waals surface area contributed by atoms with Crippen LogP contribution in [0.5, 0.6) is 0 Å². The molecule has 0 radical (unpaired) electrons. The van der Waals surface area contributed by atoms with Crippen molar-refractivity contribution in [3.63, 3.8) is 0 Å². The molecule has 4 saturated carbocycles. The van der Waals surface area contributed by atoms with Gasteiger partial charge in [0.05, 0.1) is 0 Å². The van der Waals surface area contributed by atoms with Gasteiger partial charge in [-0.2, -0.15) is 4.89 Å². The van der Waals surface area contributed by atoms with Crippen LogP contribution >= 0.6 is 0 Å². The summed E-state index contributed by atoms with van der Waals surface area (Å²) in [6.45, 7) is 0. The minimum absolute atomic E-state index is 0.253. The molecule has 134 valence electrons. The molecule has 3 bridgehead atoms. The predicted octanol–water partition coefficient (Wildman–Crippen LogP) is 3.72. The molecule has 1 heterocycles. The molecule has 0 aromatic rings. The Balaban J connectivity index is 1.30. The fourth-order valence-electron chi connectivity index (χ4n) is 6.70. The first-order chi connectivity index (χ1) is 11.6. The molecular weight excluding hydrogens is 308 g/mol. The molecule has 1 N–H and O–H groups in total. The molecule has 0 amide bonds. The minimum Gasteiger partial charge on any atom is -0.481 e. The largest absolute Gasteiger partial charge is 0.481 e. The van der Waals surface area contributed by atoms with Gasteiger partial charge in [0, 0.05) is 24.2 Å². The molecule has 1 aliphatic heterocycles. The topological polar surface area (TPSA) is 65.0 Å². The van der Waals surface area contributed by atoms with Crippen LogP contribution in [0.15, 0.2) is 0 Å². The van der Waals surface area contributed by atoms with Crippen LogP contribution in [0, 0.1) is 35.5 Å². The van der Waals surface area contributed by atoms with Gasteiger partial charge in [0.1, 0.15) is 0 Å². The molecular formula is C19H28O5. The van der Waals surface area contributed by atoms with Crippen LogP contribution in [0.1, 0.15) is 64.2 Å². The number of hydrogen-bond acceptors (Lipinski definition) is 4. The Morgan fingerprint density at radius 3 is 2.83 bits per heavy atom. The second-order valence-electron chi connectivity index (χ2n) is 8.99. The number of ether oxygens (including phenoxy) is 1. The van der Waals surface area contributed by atoms with Crippen LogP contribution < -0.4 is 0 Å². The van der Waals surface area contributed by atoms with Gasteiger partial charge in [-0.05, 0) is 69.1 Å². The maximum atomic E-state index is 11.0. The monoisotopic (exact) mass is 336 g/mol. The van der Waals surface area contributed by atoms with Crippen molar-refractivity contribution in [2.45, 2.75) is 76.3 Å². The fourth-order valence-corrected chi connectivity index (χ4v) is 6.70. The Kier molecular flexibility index (Phi) is 3.69. The van der Waals surface area contributed by atoms with Crippen molar-refractivity contribution in [2.24, 2.45) is 35.5 Å². The van der Waals surface area contributed by atoms with Gasteiger partial charge in [-0.15, -0.1) is 0 Å². The first kappa shape index (κ1) is 15.6. The molecule has 5 heteroatoms. The van der Waals surface area contributed by atoms with Gasteiger partial charge in [0.2, 0.25) is 5.79 Å². The van der Waals surface area contributed by atoms with Crippen LogP contribution in [0.4, 0.5) is 0 Å². The van der Waals surface area contributed by atoms with Crippen molar-refractivity contribution >= 4 is 5.97 Å². The van der Waals surface area contributed by atoms with Crippen LogP contribution in [-0.2, 0) is 19.3 Å². The summed E-state index contributed by atoms with van der Waals surface area (Å²) in [5.74, 6) is 1.98. The van der Waals surface area contributed by atoms with E-state index in [0.717, 1.165) is 37.5 Å². The van der Waals surface area contributed by atoms with E-state index in [9.17, 15) is 4.79 Å². The zero-order valence-corrected chi connectivity index (χ0v) is 14.2. The Morgan fingerprint density at radius 1 is 1.04 bits per heavy atom. The average Bonchev–Trinajstić information content (AvgIpc) is 3.05. The zero-order valence-electron chi connectivity index (χ0n) is 14.2. The third kappa shape index (κ3) is 2.35. The van der Waals surface area contributed by atoms with Crippen molar-refractivity contribution in [2.75, 3.05) is 0 Å². The number of carboxylic acids is 1. The molecule has 5 rings (SSSR count). The van der Waals surface area contributed by atoms with E-state index in [0.29, 0.717) is 11.8 Å². The van der Waals surface area contributed by atoms with Gasteiger partial charge >= 0.3 is 5.97 Å². The standard InChI is InChI=1S/C19H28O5/c20-17(21)9-11-2-1-3-13(6-11)18-22-19(24-23-18)15-8-12-4-5-16(19)14(7-12)10-15/h11-16,18H,1-10H2,(H,20,21)/t11-,12?,13?,14?,15?,16?,18?,19-/m0/s1. The first-order valence-electron chi connectivity index (χ1n) is 9.88. The van der Waals surface area contributed by atoms with E-state index >= 15 is 0 Å². The van der Waals surface area contributed by atoms with E-state index in [-0.39, 0.29) is 24.5 Å². The van der Waals surface area contributed by atoms with Crippen molar-refractivity contribution in [3.05, 3.63) is 0 Å². The van der Waals surface area contributed by atoms with Gasteiger partial charge in [-0.3, -0.25) is 4.79 Å². The van der Waals surface area contributed by atoms with Crippen LogP contribution in [0.2, 0.25) is 0 Å². The molecule has 5 nitrogen and oxygen atoms in total. The van der Waals surface area contributed by atoms with Crippen molar-refractivity contribution < 1.29 is 24.4 Å². The fraction of sp³-hybridized carbons (Fsp3) is 0.947. The quantitative estimate of drug-likeness (QED) is 0.796. The summed E-state index contributed by atoms with van der Waals surface area (Å²) in [5.41, 5.74) is 0. The molecule has 24 heavy (non-hydrogen) atoms. The Labute approximate surface area is 143 Å². The first-order valence-corrected chi connectivity index (χ1v) is 9.88. The normalized spacial score (nSPS) is 52.9. The molecule has 8 atom stereocenters. The van der Waals surface area contributed by atoms with Crippen LogP contribution in [0.3, 0.4) is 0 Å². The summed E-state index contributed by atoms with van der Waals surface area (Å²) < 4.78 is 6.55. The average molecular weight is 336 g/mol. The lowest BCUT2D eigenvalue weighted by Gasteiger charge is -2.34. The molecule has 5 fully saturated rings. The highest BCUT2D eigenvalue weighted by Crippen LogP contribution is 2.63. The van der Waals surface area contributed by atoms with E-state index < -0.39 is 11.8 Å². The molecule has 4 aliphatic carbocycles. The second-order valence-corrected chi connectivity index (χ2v) is 8.99. The lowest BCUT2D eigenvalue weighted by molar-refractivity contribution is -0.353. The lowest BCUT2D eigenvalue weighted by Crippen LogP contribution is -2.42. The van der Waals surface area contributed by atoms with Gasteiger partial charge in [0.15, 0.2) is 6.29 Å². The highest BCUT2D eigenvalue weighted by atomic mass is 17.3. The summed E-state index contributed by atoms with van der Waals surface area (Å²) >= 11 is 0. The molecule has 1 saturated heterocycles. The number of hydrogen-bond donors (Lipinski definition) is 1. The van der Waals surface area contributed by atoms with Gasteiger partial charge in [-0.1, -0.05) is 6.42 Å². The minimum atomic E-state index is -0.691. The number of carboxylic acid groups (broad SMARTS) is 1. The van der Waals surface area contributed by atoms with E-state index in [1.54, 1.807) is 0 Å². The Morgan fingerprint density at radius 2 is 1.96 bits per heavy atom. The summed E-state index contributed by atoms with van der Waals surface area (Å²) in [7, 11) is 0. The predicted molar refractivity (Wildman–Crippen MR) is 84.5 cm³/mol. The maximum absolute atomic E-state index is 11.0. The zero-order chi connectivity index (χ0) is 16.3. The van der Waals surface area contributed by atoms with E-state index in [2.05, 4.69) is 0 Å². The van der Waals surface area contributed by atoms with Crippen LogP contribution in [-0.4, -0.2) is 23.2 Å². The smallest absolute Gasteiger partial charge is 0.303 e. The molecule has 5 aliphatic rings. The number of rotatable bonds is 3. The summed E-state index contributed by atoms with van der Waals surface area (Å²) in [6, 6.07) is 0. The van der Waals surface area contributed by atoms with Crippen molar-refractivity contribution in [1.82, 2.24) is 0 Å². The van der Waals surface area contributed by atoms with Crippen molar-refractivity contribution in [3.8, 4) is 0 Å². The maximum Gasteiger partial charge on any atom is 0.303 e. The molecule has 0 aromatic heterocycles. The van der Waals surface area contributed by atoms with Crippen LogP contribution in [0.25, 0.3) is 0 Å². The molecule has 0 aromatic carbocycles. The highest BCUT2D eigenvalue weighted by molar-refractivity contribution is 5.67. The third-order valence-electron chi connectivity index (χ3n) is 7.63. The Bertz CT molecular complexity index is 522. The number of aliphatic carboxylic acids is 1. The highest BCUT2D eigenvalue weighted by Gasteiger charge is 2.66. The summed E-state index contributed by atoms with van der Waals surface area (Å²) in [5, 5.41) is 9.07. The van der Waals surface area contributed by atoms with E-state index in [4.69, 9.17) is 19.6 Å². The Hall–Kier alpha value is -0.650. The van der Waals surface area contributed by atoms with E-state index in [1.807, 2.05) is 0 Å². The molecule has 6 unspecified atom stereocenters. The summed E-state index contributed by atoms with van der Waals surface area (Å²) in [6.07, 6.45) is 10.4. The number of carbonyl (C=O) groups is 1. The SMILES string of the molecule is O=C(O)C[C@H]1CCCC(C2OO[C@@]3(O2)C2CC4CCC3C(C4)C2)C1. The van der Waals surface area contributed by atoms with Gasteiger partial charge in [0.25, 0.3) is 0 Å². The third-order valence-corrected chi connectivity index (χ3v) is 7.63. The summed E-state index contributed by atoms with van der Waals surface area (Å²) in [4.78, 5) is 22.8. The molecule has 1 spiro atoms. The lowest BCUT2D eigenvalue weighted by atomic mass is 9.72.